The van der Waals surface area contributed by atoms with Gasteiger partial charge in [0.2, 0.25) is 5.82 Å². The van der Waals surface area contributed by atoms with Crippen LogP contribution in [0.5, 0.6) is 0 Å². The molecule has 1 aliphatic heterocycles. The van der Waals surface area contributed by atoms with Gasteiger partial charge in [0.15, 0.2) is 5.69 Å². The van der Waals surface area contributed by atoms with Gasteiger partial charge in [0, 0.05) is 25.9 Å². The molecule has 1 unspecified atom stereocenters. The van der Waals surface area contributed by atoms with Gasteiger partial charge in [0.1, 0.15) is 0 Å². The van der Waals surface area contributed by atoms with Crippen molar-refractivity contribution >= 4 is 17.3 Å². The van der Waals surface area contributed by atoms with Gasteiger partial charge in [-0.15, -0.1) is 0 Å². The Kier molecular flexibility index (Phi) is 5.33. The number of ether oxygens (including phenoxy) is 1. The number of imidazole rings is 1. The summed E-state index contributed by atoms with van der Waals surface area (Å²) in [5.74, 6) is -0.0157. The fourth-order valence-electron chi connectivity index (χ4n) is 2.84. The van der Waals surface area contributed by atoms with Crippen LogP contribution in [0.3, 0.4) is 0 Å². The van der Waals surface area contributed by atoms with Crippen molar-refractivity contribution in [2.24, 2.45) is 5.92 Å². The van der Waals surface area contributed by atoms with Crippen molar-refractivity contribution in [1.29, 1.82) is 0 Å². The summed E-state index contributed by atoms with van der Waals surface area (Å²) in [6.45, 7) is 5.80. The molecule has 0 aliphatic carbocycles. The van der Waals surface area contributed by atoms with Gasteiger partial charge in [-0.3, -0.25) is 14.0 Å². The zero-order valence-electron chi connectivity index (χ0n) is 14.6. The number of hydrogen-bond acceptors (Lipinski definition) is 4. The van der Waals surface area contributed by atoms with Crippen LogP contribution in [0.25, 0.3) is 5.52 Å². The van der Waals surface area contributed by atoms with E-state index >= 15 is 0 Å². The van der Waals surface area contributed by atoms with E-state index in [4.69, 9.17) is 4.74 Å². The molecule has 1 fully saturated rings. The average molecular weight is 344 g/mol. The van der Waals surface area contributed by atoms with Crippen LogP contribution in [0.1, 0.15) is 47.8 Å². The van der Waals surface area contributed by atoms with Crippen LogP contribution in [0.4, 0.5) is 0 Å². The quantitative estimate of drug-likeness (QED) is 0.834. The topological polar surface area (TPSA) is 84.7 Å². The number of carbonyl (C=O) groups excluding carboxylic acids is 2. The second kappa shape index (κ2) is 7.65. The van der Waals surface area contributed by atoms with E-state index in [1.54, 1.807) is 16.7 Å². The summed E-state index contributed by atoms with van der Waals surface area (Å²) >= 11 is 0. The maximum atomic E-state index is 12.5. The Balaban J connectivity index is 1.80. The van der Waals surface area contributed by atoms with E-state index in [0.29, 0.717) is 24.5 Å². The summed E-state index contributed by atoms with van der Waals surface area (Å²) in [5.41, 5.74) is 0.871. The number of amides is 2. The molecular formula is C18H24N4O3. The second-order valence-corrected chi connectivity index (χ2v) is 6.69. The van der Waals surface area contributed by atoms with Crippen LogP contribution >= 0.6 is 0 Å². The molecule has 2 amide bonds. The molecule has 1 aliphatic rings. The first-order valence-electron chi connectivity index (χ1n) is 8.71. The highest BCUT2D eigenvalue weighted by molar-refractivity contribution is 6.02. The van der Waals surface area contributed by atoms with Crippen LogP contribution in [-0.4, -0.2) is 47.0 Å². The van der Waals surface area contributed by atoms with Crippen molar-refractivity contribution < 1.29 is 14.3 Å². The van der Waals surface area contributed by atoms with Gasteiger partial charge in [-0.2, -0.15) is 0 Å². The Labute approximate surface area is 146 Å². The predicted molar refractivity (Wildman–Crippen MR) is 93.7 cm³/mol. The molecule has 3 heterocycles. The third kappa shape index (κ3) is 3.99. The molecule has 25 heavy (non-hydrogen) atoms. The van der Waals surface area contributed by atoms with E-state index in [-0.39, 0.29) is 29.4 Å². The number of nitrogens with zero attached hydrogens (tertiary/aromatic N) is 2. The number of fused-ring (bicyclic) bond motifs is 1. The molecule has 7 heteroatoms. The largest absolute Gasteiger partial charge is 0.376 e. The zero-order valence-corrected chi connectivity index (χ0v) is 14.6. The maximum Gasteiger partial charge on any atom is 0.287 e. The monoisotopic (exact) mass is 344 g/mol. The van der Waals surface area contributed by atoms with E-state index in [0.717, 1.165) is 19.4 Å². The average Bonchev–Trinajstić information content (AvgIpc) is 3.25. The molecule has 0 saturated carbocycles. The lowest BCUT2D eigenvalue weighted by Gasteiger charge is -2.09. The normalized spacial score (nSPS) is 17.2. The van der Waals surface area contributed by atoms with Crippen LogP contribution < -0.4 is 10.6 Å². The fourth-order valence-corrected chi connectivity index (χ4v) is 2.84. The summed E-state index contributed by atoms with van der Waals surface area (Å²) in [6.07, 6.45) is 3.77. The smallest absolute Gasteiger partial charge is 0.287 e. The minimum atomic E-state index is -0.290. The molecule has 0 bridgehead atoms. The van der Waals surface area contributed by atoms with Gasteiger partial charge < -0.3 is 15.4 Å². The van der Waals surface area contributed by atoms with Gasteiger partial charge in [0.05, 0.1) is 11.6 Å². The van der Waals surface area contributed by atoms with Gasteiger partial charge >= 0.3 is 0 Å². The number of aromatic nitrogens is 2. The molecule has 0 spiro atoms. The summed E-state index contributed by atoms with van der Waals surface area (Å²) in [5, 5.41) is 5.71. The molecule has 3 rings (SSSR count). The minimum absolute atomic E-state index is 0.0617. The van der Waals surface area contributed by atoms with Crippen LogP contribution in [0, 0.1) is 5.92 Å². The Morgan fingerprint density at radius 2 is 2.16 bits per heavy atom. The molecule has 0 aromatic carbocycles. The summed E-state index contributed by atoms with van der Waals surface area (Å²) < 4.78 is 7.17. The van der Waals surface area contributed by atoms with Crippen molar-refractivity contribution in [3.05, 3.63) is 35.9 Å². The minimum Gasteiger partial charge on any atom is -0.376 e. The standard InChI is InChI=1S/C18H24N4O3/c1-12(2)10-19-18(24)16-21-15(14-7-3-4-8-22(14)16)17(23)20-11-13-6-5-9-25-13/h3-4,7-8,12-13H,5-6,9-11H2,1-2H3,(H,19,24)(H,20,23). The fraction of sp³-hybridized carbons (Fsp3) is 0.500. The highest BCUT2D eigenvalue weighted by atomic mass is 16.5. The Morgan fingerprint density at radius 3 is 2.88 bits per heavy atom. The lowest BCUT2D eigenvalue weighted by molar-refractivity contribution is 0.0855. The van der Waals surface area contributed by atoms with Gasteiger partial charge in [-0.25, -0.2) is 4.98 Å². The Bertz CT molecular complexity index is 763. The van der Waals surface area contributed by atoms with Crippen molar-refractivity contribution in [3.63, 3.8) is 0 Å². The lowest BCUT2D eigenvalue weighted by atomic mass is 10.2. The summed E-state index contributed by atoms with van der Waals surface area (Å²) in [6, 6.07) is 5.42. The van der Waals surface area contributed by atoms with E-state index in [9.17, 15) is 9.59 Å². The van der Waals surface area contributed by atoms with Gasteiger partial charge in [0.25, 0.3) is 11.8 Å². The molecule has 2 aromatic heterocycles. The highest BCUT2D eigenvalue weighted by Crippen LogP contribution is 2.15. The summed E-state index contributed by atoms with van der Waals surface area (Å²) in [4.78, 5) is 29.3. The highest BCUT2D eigenvalue weighted by Gasteiger charge is 2.23. The first-order valence-corrected chi connectivity index (χ1v) is 8.71. The van der Waals surface area contributed by atoms with Gasteiger partial charge in [-0.05, 0) is 30.9 Å². The number of nitrogens with one attached hydrogen (secondary N) is 2. The molecule has 134 valence electrons. The third-order valence-corrected chi connectivity index (χ3v) is 4.15. The van der Waals surface area contributed by atoms with Crippen LogP contribution in [0.15, 0.2) is 24.4 Å². The SMILES string of the molecule is CC(C)CNC(=O)c1nc(C(=O)NCC2CCCO2)c2ccccn12. The lowest BCUT2D eigenvalue weighted by Crippen LogP contribution is -2.32. The Hall–Kier alpha value is -2.41. The first kappa shape index (κ1) is 17.4. The van der Waals surface area contributed by atoms with Crippen LogP contribution in [0.2, 0.25) is 0 Å². The molecule has 2 N–H and O–H groups in total. The van der Waals surface area contributed by atoms with E-state index < -0.39 is 0 Å². The predicted octanol–water partition coefficient (Wildman–Crippen LogP) is 1.63. The third-order valence-electron chi connectivity index (χ3n) is 4.15. The molecule has 0 radical (unpaired) electrons. The van der Waals surface area contributed by atoms with Crippen molar-refractivity contribution in [3.8, 4) is 0 Å². The molecule has 1 atom stereocenters. The van der Waals surface area contributed by atoms with Gasteiger partial charge in [-0.1, -0.05) is 19.9 Å². The number of carbonyl (C=O) groups is 2. The van der Waals surface area contributed by atoms with E-state index in [1.807, 2.05) is 26.0 Å². The first-order chi connectivity index (χ1) is 12.1. The van der Waals surface area contributed by atoms with E-state index in [1.165, 1.54) is 0 Å². The molecule has 1 saturated heterocycles. The molecule has 2 aromatic rings. The second-order valence-electron chi connectivity index (χ2n) is 6.69. The number of rotatable bonds is 6. The van der Waals surface area contributed by atoms with Crippen molar-refractivity contribution in [1.82, 2.24) is 20.0 Å². The number of pyridine rings is 1. The van der Waals surface area contributed by atoms with E-state index in [2.05, 4.69) is 15.6 Å². The molecular weight excluding hydrogens is 320 g/mol. The maximum absolute atomic E-state index is 12.5. The number of hydrogen-bond donors (Lipinski definition) is 2. The zero-order chi connectivity index (χ0) is 17.8. The Morgan fingerprint density at radius 1 is 1.32 bits per heavy atom. The van der Waals surface area contributed by atoms with Crippen molar-refractivity contribution in [2.75, 3.05) is 19.7 Å². The molecule has 7 nitrogen and oxygen atoms in total. The van der Waals surface area contributed by atoms with Crippen LogP contribution in [-0.2, 0) is 4.74 Å². The summed E-state index contributed by atoms with van der Waals surface area (Å²) in [7, 11) is 0. The van der Waals surface area contributed by atoms with Crippen molar-refractivity contribution in [2.45, 2.75) is 32.8 Å².